The van der Waals surface area contributed by atoms with Crippen LogP contribution in [0.25, 0.3) is 0 Å². The Labute approximate surface area is 131 Å². The Morgan fingerprint density at radius 1 is 1.41 bits per heavy atom. The minimum absolute atomic E-state index is 0.0371. The predicted octanol–water partition coefficient (Wildman–Crippen LogP) is 1.65. The average Bonchev–Trinajstić information content (AvgIpc) is 2.96. The molecule has 2 rings (SSSR count). The molecule has 0 radical (unpaired) electrons. The van der Waals surface area contributed by atoms with Gasteiger partial charge in [-0.3, -0.25) is 4.79 Å². The number of hydrogen-bond acceptors (Lipinski definition) is 5. The number of unbranched alkanes of at least 4 members (excludes halogenated alkanes) is 1. The van der Waals surface area contributed by atoms with E-state index in [4.69, 9.17) is 4.52 Å². The van der Waals surface area contributed by atoms with Crippen LogP contribution in [0.2, 0.25) is 0 Å². The highest BCUT2D eigenvalue weighted by Gasteiger charge is 2.34. The van der Waals surface area contributed by atoms with Crippen LogP contribution < -0.4 is 0 Å². The summed E-state index contributed by atoms with van der Waals surface area (Å²) in [6.07, 6.45) is 2.61. The van der Waals surface area contributed by atoms with Gasteiger partial charge in [0.2, 0.25) is 5.91 Å². The number of carbonyl (C=O) groups excluding carboxylic acids is 1. The van der Waals surface area contributed by atoms with Gasteiger partial charge in [-0.2, -0.15) is 0 Å². The Kier molecular flexibility index (Phi) is 5.26. The molecule has 1 atom stereocenters. The van der Waals surface area contributed by atoms with Crippen LogP contribution in [0.15, 0.2) is 4.52 Å². The van der Waals surface area contributed by atoms with Crippen molar-refractivity contribution in [3.63, 3.8) is 0 Å². The summed E-state index contributed by atoms with van der Waals surface area (Å²) >= 11 is 0. The molecule has 0 aliphatic carbocycles. The molecule has 22 heavy (non-hydrogen) atoms. The standard InChI is InChI=1S/C15H24N2O4S/c1-4-5-7-17(13-6-8-22(19,20)10-13)15(18)9-14-11(2)16-21-12(14)3/h13H,4-10H2,1-3H3. The Morgan fingerprint density at radius 3 is 2.64 bits per heavy atom. The lowest BCUT2D eigenvalue weighted by Gasteiger charge is -2.28. The second-order valence-corrected chi connectivity index (χ2v) is 8.21. The maximum atomic E-state index is 12.7. The van der Waals surface area contributed by atoms with Crippen LogP contribution >= 0.6 is 0 Å². The normalized spacial score (nSPS) is 20.2. The van der Waals surface area contributed by atoms with Crippen molar-refractivity contribution in [1.82, 2.24) is 10.1 Å². The van der Waals surface area contributed by atoms with Crippen molar-refractivity contribution in [2.45, 2.75) is 52.5 Å². The van der Waals surface area contributed by atoms with Crippen molar-refractivity contribution in [2.75, 3.05) is 18.1 Å². The lowest BCUT2D eigenvalue weighted by Crippen LogP contribution is -2.42. The van der Waals surface area contributed by atoms with Gasteiger partial charge < -0.3 is 9.42 Å². The molecule has 1 saturated heterocycles. The van der Waals surface area contributed by atoms with E-state index in [1.807, 2.05) is 6.92 Å². The first-order valence-electron chi connectivity index (χ1n) is 7.75. The zero-order chi connectivity index (χ0) is 16.3. The molecule has 7 heteroatoms. The van der Waals surface area contributed by atoms with E-state index < -0.39 is 9.84 Å². The lowest BCUT2D eigenvalue weighted by molar-refractivity contribution is -0.132. The molecule has 1 amide bonds. The van der Waals surface area contributed by atoms with Crippen molar-refractivity contribution < 1.29 is 17.7 Å². The number of amides is 1. The molecule has 1 aromatic rings. The van der Waals surface area contributed by atoms with E-state index in [-0.39, 0.29) is 29.9 Å². The van der Waals surface area contributed by atoms with Gasteiger partial charge in [0, 0.05) is 18.2 Å². The van der Waals surface area contributed by atoms with Crippen LogP contribution in [0, 0.1) is 13.8 Å². The molecule has 0 N–H and O–H groups in total. The van der Waals surface area contributed by atoms with E-state index in [1.165, 1.54) is 0 Å². The first-order valence-corrected chi connectivity index (χ1v) is 9.58. The number of nitrogens with zero attached hydrogens (tertiary/aromatic N) is 2. The summed E-state index contributed by atoms with van der Waals surface area (Å²) in [5.41, 5.74) is 1.53. The highest BCUT2D eigenvalue weighted by Crippen LogP contribution is 2.21. The highest BCUT2D eigenvalue weighted by molar-refractivity contribution is 7.91. The van der Waals surface area contributed by atoms with E-state index in [0.29, 0.717) is 18.7 Å². The lowest BCUT2D eigenvalue weighted by atomic mass is 10.1. The molecule has 1 aromatic heterocycles. The van der Waals surface area contributed by atoms with Crippen LogP contribution in [0.1, 0.15) is 43.2 Å². The molecule has 2 heterocycles. The van der Waals surface area contributed by atoms with Gasteiger partial charge >= 0.3 is 0 Å². The summed E-state index contributed by atoms with van der Waals surface area (Å²) in [5.74, 6) is 0.883. The van der Waals surface area contributed by atoms with Gasteiger partial charge in [-0.1, -0.05) is 18.5 Å². The minimum Gasteiger partial charge on any atom is -0.361 e. The molecule has 0 spiro atoms. The van der Waals surface area contributed by atoms with E-state index in [1.54, 1.807) is 11.8 Å². The van der Waals surface area contributed by atoms with Crippen LogP contribution in [0.3, 0.4) is 0 Å². The minimum atomic E-state index is -3.00. The van der Waals surface area contributed by atoms with E-state index in [0.717, 1.165) is 24.1 Å². The maximum absolute atomic E-state index is 12.7. The fourth-order valence-corrected chi connectivity index (χ4v) is 4.60. The fraction of sp³-hybridized carbons (Fsp3) is 0.733. The molecule has 1 fully saturated rings. The van der Waals surface area contributed by atoms with Crippen LogP contribution in [0.5, 0.6) is 0 Å². The first kappa shape index (κ1) is 17.0. The molecule has 6 nitrogen and oxygen atoms in total. The van der Waals surface area contributed by atoms with Crippen molar-refractivity contribution >= 4 is 15.7 Å². The second-order valence-electron chi connectivity index (χ2n) is 5.98. The molecule has 0 saturated carbocycles. The number of aromatic nitrogens is 1. The summed E-state index contributed by atoms with van der Waals surface area (Å²) in [5, 5.41) is 3.87. The number of hydrogen-bond donors (Lipinski definition) is 0. The number of sulfone groups is 1. The average molecular weight is 328 g/mol. The van der Waals surface area contributed by atoms with Crippen molar-refractivity contribution in [2.24, 2.45) is 0 Å². The third-order valence-corrected chi connectivity index (χ3v) is 5.98. The molecule has 0 aromatic carbocycles. The van der Waals surface area contributed by atoms with Crippen molar-refractivity contribution in [1.29, 1.82) is 0 Å². The Morgan fingerprint density at radius 2 is 2.14 bits per heavy atom. The summed E-state index contributed by atoms with van der Waals surface area (Å²) in [6.45, 7) is 6.27. The summed E-state index contributed by atoms with van der Waals surface area (Å²) in [7, 11) is -3.00. The van der Waals surface area contributed by atoms with Crippen LogP contribution in [-0.4, -0.2) is 48.5 Å². The molecular formula is C15H24N2O4S. The van der Waals surface area contributed by atoms with Crippen LogP contribution in [0.4, 0.5) is 0 Å². The number of aryl methyl sites for hydroxylation is 2. The zero-order valence-electron chi connectivity index (χ0n) is 13.5. The Hall–Kier alpha value is -1.37. The van der Waals surface area contributed by atoms with Crippen molar-refractivity contribution in [3.05, 3.63) is 17.0 Å². The molecule has 1 aliphatic rings. The predicted molar refractivity (Wildman–Crippen MR) is 83.4 cm³/mol. The SMILES string of the molecule is CCCCN(C(=O)Cc1c(C)noc1C)C1CCS(=O)(=O)C1. The van der Waals surface area contributed by atoms with Crippen molar-refractivity contribution in [3.8, 4) is 0 Å². The molecule has 1 aliphatic heterocycles. The van der Waals surface area contributed by atoms with Gasteiger partial charge in [-0.05, 0) is 26.7 Å². The zero-order valence-corrected chi connectivity index (χ0v) is 14.3. The fourth-order valence-electron chi connectivity index (χ4n) is 2.87. The van der Waals surface area contributed by atoms with Gasteiger partial charge in [0.25, 0.3) is 0 Å². The quantitative estimate of drug-likeness (QED) is 0.793. The van der Waals surface area contributed by atoms with E-state index in [9.17, 15) is 13.2 Å². The Balaban J connectivity index is 2.13. The first-order chi connectivity index (χ1) is 10.3. The highest BCUT2D eigenvalue weighted by atomic mass is 32.2. The summed E-state index contributed by atoms with van der Waals surface area (Å²) in [4.78, 5) is 14.4. The molecular weight excluding hydrogens is 304 g/mol. The molecule has 0 bridgehead atoms. The van der Waals surface area contributed by atoms with Gasteiger partial charge in [-0.25, -0.2) is 8.42 Å². The maximum Gasteiger partial charge on any atom is 0.227 e. The smallest absolute Gasteiger partial charge is 0.227 e. The monoisotopic (exact) mass is 328 g/mol. The summed E-state index contributed by atoms with van der Waals surface area (Å²) < 4.78 is 28.5. The summed E-state index contributed by atoms with van der Waals surface area (Å²) in [6, 6.07) is -0.190. The number of rotatable bonds is 6. The third kappa shape index (κ3) is 3.88. The van der Waals surface area contributed by atoms with Gasteiger partial charge in [-0.15, -0.1) is 0 Å². The second kappa shape index (κ2) is 6.81. The van der Waals surface area contributed by atoms with Crippen LogP contribution in [-0.2, 0) is 21.1 Å². The number of carbonyl (C=O) groups is 1. The topological polar surface area (TPSA) is 80.5 Å². The van der Waals surface area contributed by atoms with Gasteiger partial charge in [0.1, 0.15) is 5.76 Å². The molecule has 1 unspecified atom stereocenters. The largest absolute Gasteiger partial charge is 0.361 e. The third-order valence-electron chi connectivity index (χ3n) is 4.23. The Bertz CT molecular complexity index is 616. The molecule has 124 valence electrons. The van der Waals surface area contributed by atoms with E-state index >= 15 is 0 Å². The van der Waals surface area contributed by atoms with Gasteiger partial charge in [0.05, 0.1) is 23.6 Å². The van der Waals surface area contributed by atoms with E-state index in [2.05, 4.69) is 12.1 Å². The van der Waals surface area contributed by atoms with Gasteiger partial charge in [0.15, 0.2) is 9.84 Å².